The molecule has 2 amide bonds. The molecule has 1 aliphatic carbocycles. The van der Waals surface area contributed by atoms with Crippen LogP contribution in [0.4, 0.5) is 13.6 Å². The number of ether oxygens (including phenoxy) is 1. The van der Waals surface area contributed by atoms with Crippen LogP contribution in [0.2, 0.25) is 0 Å². The molecule has 0 atom stereocenters. The lowest BCUT2D eigenvalue weighted by Crippen LogP contribution is -2.73. The van der Waals surface area contributed by atoms with Crippen LogP contribution in [0.1, 0.15) is 66.7 Å². The number of rotatable bonds is 2. The van der Waals surface area contributed by atoms with Gasteiger partial charge in [0.1, 0.15) is 5.60 Å². The molecule has 2 saturated heterocycles. The fourth-order valence-corrected chi connectivity index (χ4v) is 4.04. The van der Waals surface area contributed by atoms with Gasteiger partial charge in [0.15, 0.2) is 0 Å². The number of hydrogen-bond acceptors (Lipinski definition) is 3. The van der Waals surface area contributed by atoms with Crippen molar-refractivity contribution in [1.82, 2.24) is 9.80 Å². The van der Waals surface area contributed by atoms with Crippen molar-refractivity contribution < 1.29 is 23.1 Å². The second-order valence-corrected chi connectivity index (χ2v) is 9.09. The standard InChI is InChI=1S/C18H28F2N2O3.C2H6/c1-16(2,3)25-15(24)22-11-17(12-22)9-21(10-17)14(23)8-13-4-6-18(19,20)7-5-13;1-2/h13H,4-12H2,1-3H3;1-2H3. The zero-order valence-corrected chi connectivity index (χ0v) is 17.3. The van der Waals surface area contributed by atoms with E-state index < -0.39 is 11.5 Å². The highest BCUT2D eigenvalue weighted by Crippen LogP contribution is 2.42. The molecule has 3 fully saturated rings. The monoisotopic (exact) mass is 388 g/mol. The summed E-state index contributed by atoms with van der Waals surface area (Å²) < 4.78 is 31.7. The molecule has 0 aromatic rings. The zero-order valence-electron chi connectivity index (χ0n) is 17.3. The Kier molecular flexibility index (Phi) is 6.42. The number of carbonyl (C=O) groups is 2. The van der Waals surface area contributed by atoms with Crippen LogP contribution in [0, 0.1) is 11.3 Å². The quantitative estimate of drug-likeness (QED) is 0.708. The summed E-state index contributed by atoms with van der Waals surface area (Å²) in [5.41, 5.74) is -0.482. The lowest BCUT2D eigenvalue weighted by atomic mass is 9.72. The number of amides is 2. The molecule has 3 aliphatic rings. The minimum absolute atomic E-state index is 0.0200. The van der Waals surface area contributed by atoms with Crippen LogP contribution in [0.3, 0.4) is 0 Å². The highest BCUT2D eigenvalue weighted by Gasteiger charge is 2.55. The first-order chi connectivity index (χ1) is 12.5. The van der Waals surface area contributed by atoms with Crippen LogP contribution >= 0.6 is 0 Å². The summed E-state index contributed by atoms with van der Waals surface area (Å²) in [7, 11) is 0. The average molecular weight is 388 g/mol. The van der Waals surface area contributed by atoms with Crippen molar-refractivity contribution in [2.75, 3.05) is 26.2 Å². The van der Waals surface area contributed by atoms with Crippen molar-refractivity contribution in [3.63, 3.8) is 0 Å². The maximum absolute atomic E-state index is 13.2. The van der Waals surface area contributed by atoms with E-state index in [0.29, 0.717) is 45.4 Å². The van der Waals surface area contributed by atoms with Gasteiger partial charge in [0, 0.05) is 50.9 Å². The molecule has 0 N–H and O–H groups in total. The molecular formula is C20H34F2N2O3. The SMILES string of the molecule is CC.CC(C)(C)OC(=O)N1CC2(CN(C(=O)CC3CCC(F)(F)CC3)C2)C1. The molecule has 0 unspecified atom stereocenters. The fraction of sp³-hybridized carbons (Fsp3) is 0.900. The molecule has 0 aromatic heterocycles. The van der Waals surface area contributed by atoms with Crippen molar-refractivity contribution in [3.05, 3.63) is 0 Å². The predicted octanol–water partition coefficient (Wildman–Crippen LogP) is 4.31. The third-order valence-electron chi connectivity index (χ3n) is 5.41. The van der Waals surface area contributed by atoms with Crippen LogP contribution in [0.5, 0.6) is 0 Å². The predicted molar refractivity (Wildman–Crippen MR) is 99.7 cm³/mol. The molecule has 0 aromatic carbocycles. The molecule has 5 nitrogen and oxygen atoms in total. The molecule has 3 rings (SSSR count). The van der Waals surface area contributed by atoms with E-state index in [2.05, 4.69) is 0 Å². The lowest BCUT2D eigenvalue weighted by molar-refractivity contribution is -0.158. The summed E-state index contributed by atoms with van der Waals surface area (Å²) in [6.07, 6.45) is 0.751. The van der Waals surface area contributed by atoms with Crippen molar-refractivity contribution in [2.45, 2.75) is 78.2 Å². The van der Waals surface area contributed by atoms with Gasteiger partial charge in [-0.2, -0.15) is 0 Å². The molecule has 2 heterocycles. The average Bonchev–Trinajstić information content (AvgIpc) is 2.47. The van der Waals surface area contributed by atoms with Gasteiger partial charge in [-0.25, -0.2) is 13.6 Å². The number of carbonyl (C=O) groups excluding carboxylic acids is 2. The fourth-order valence-electron chi connectivity index (χ4n) is 4.04. The van der Waals surface area contributed by atoms with Gasteiger partial charge in [-0.05, 0) is 39.5 Å². The summed E-state index contributed by atoms with van der Waals surface area (Å²) in [6.45, 7) is 12.1. The molecule has 27 heavy (non-hydrogen) atoms. The van der Waals surface area contributed by atoms with E-state index in [9.17, 15) is 18.4 Å². The van der Waals surface area contributed by atoms with Crippen LogP contribution in [-0.2, 0) is 9.53 Å². The topological polar surface area (TPSA) is 49.9 Å². The second kappa shape index (κ2) is 7.92. The Morgan fingerprint density at radius 2 is 1.48 bits per heavy atom. The number of hydrogen-bond donors (Lipinski definition) is 0. The maximum Gasteiger partial charge on any atom is 0.410 e. The third kappa shape index (κ3) is 5.55. The third-order valence-corrected chi connectivity index (χ3v) is 5.41. The van der Waals surface area contributed by atoms with Gasteiger partial charge < -0.3 is 14.5 Å². The van der Waals surface area contributed by atoms with E-state index >= 15 is 0 Å². The normalized spacial score (nSPS) is 23.7. The molecular weight excluding hydrogens is 354 g/mol. The van der Waals surface area contributed by atoms with Crippen molar-refractivity contribution in [3.8, 4) is 0 Å². The summed E-state index contributed by atoms with van der Waals surface area (Å²) in [4.78, 5) is 27.8. The molecule has 1 spiro atoms. The van der Waals surface area contributed by atoms with Crippen LogP contribution < -0.4 is 0 Å². The zero-order chi connectivity index (χ0) is 20.5. The Bertz CT molecular complexity index is 536. The van der Waals surface area contributed by atoms with Crippen molar-refractivity contribution in [1.29, 1.82) is 0 Å². The Morgan fingerprint density at radius 3 is 1.96 bits per heavy atom. The van der Waals surface area contributed by atoms with E-state index in [-0.39, 0.29) is 36.2 Å². The van der Waals surface area contributed by atoms with Gasteiger partial charge in [-0.3, -0.25) is 4.79 Å². The van der Waals surface area contributed by atoms with Gasteiger partial charge in [-0.1, -0.05) is 13.8 Å². The molecule has 156 valence electrons. The maximum atomic E-state index is 13.2. The van der Waals surface area contributed by atoms with Gasteiger partial charge in [0.2, 0.25) is 11.8 Å². The summed E-state index contributed by atoms with van der Waals surface area (Å²) in [5, 5.41) is 0. The van der Waals surface area contributed by atoms with Crippen LogP contribution in [0.15, 0.2) is 0 Å². The first-order valence-electron chi connectivity index (χ1n) is 10.1. The highest BCUT2D eigenvalue weighted by atomic mass is 19.3. The van der Waals surface area contributed by atoms with E-state index in [0.717, 1.165) is 0 Å². The van der Waals surface area contributed by atoms with Crippen molar-refractivity contribution >= 4 is 12.0 Å². The van der Waals surface area contributed by atoms with E-state index in [1.54, 1.807) is 9.80 Å². The second-order valence-electron chi connectivity index (χ2n) is 9.09. The van der Waals surface area contributed by atoms with Crippen LogP contribution in [0.25, 0.3) is 0 Å². The Labute approximate surface area is 161 Å². The molecule has 7 heteroatoms. The van der Waals surface area contributed by atoms with E-state index in [1.807, 2.05) is 34.6 Å². The summed E-state index contributed by atoms with van der Waals surface area (Å²) in [6, 6.07) is 0. The Balaban J connectivity index is 0.00000126. The lowest BCUT2D eigenvalue weighted by Gasteiger charge is -2.59. The van der Waals surface area contributed by atoms with E-state index in [1.165, 1.54) is 0 Å². The summed E-state index contributed by atoms with van der Waals surface area (Å²) in [5.74, 6) is -2.39. The number of nitrogens with zero attached hydrogens (tertiary/aromatic N) is 2. The Hall–Kier alpha value is -1.40. The van der Waals surface area contributed by atoms with Gasteiger partial charge in [0.05, 0.1) is 0 Å². The van der Waals surface area contributed by atoms with Crippen LogP contribution in [-0.4, -0.2) is 59.5 Å². The minimum Gasteiger partial charge on any atom is -0.444 e. The molecule has 0 bridgehead atoms. The van der Waals surface area contributed by atoms with Crippen molar-refractivity contribution in [2.24, 2.45) is 11.3 Å². The van der Waals surface area contributed by atoms with Gasteiger partial charge in [-0.15, -0.1) is 0 Å². The first kappa shape index (κ1) is 21.9. The number of likely N-dealkylation sites (tertiary alicyclic amines) is 2. The highest BCUT2D eigenvalue weighted by molar-refractivity contribution is 5.78. The minimum atomic E-state index is -2.54. The Morgan fingerprint density at radius 1 is 1.00 bits per heavy atom. The first-order valence-corrected chi connectivity index (χ1v) is 10.1. The number of alkyl halides is 2. The van der Waals surface area contributed by atoms with E-state index in [4.69, 9.17) is 4.74 Å². The van der Waals surface area contributed by atoms with Gasteiger partial charge in [0.25, 0.3) is 0 Å². The number of halogens is 2. The molecule has 2 aliphatic heterocycles. The molecule has 0 radical (unpaired) electrons. The molecule has 1 saturated carbocycles. The summed E-state index contributed by atoms with van der Waals surface area (Å²) >= 11 is 0. The van der Waals surface area contributed by atoms with Gasteiger partial charge >= 0.3 is 6.09 Å². The smallest absolute Gasteiger partial charge is 0.410 e. The largest absolute Gasteiger partial charge is 0.444 e.